The lowest BCUT2D eigenvalue weighted by atomic mass is 10.4. The number of nitrogens with one attached hydrogen (secondary N) is 1. The average molecular weight is 254 g/mol. The van der Waals surface area contributed by atoms with Gasteiger partial charge in [0.25, 0.3) is 0 Å². The van der Waals surface area contributed by atoms with Crippen molar-refractivity contribution in [2.45, 2.75) is 0 Å². The Labute approximate surface area is 104 Å². The zero-order valence-electron chi connectivity index (χ0n) is 9.26. The van der Waals surface area contributed by atoms with E-state index in [1.165, 1.54) is 6.21 Å². The van der Waals surface area contributed by atoms with Crippen LogP contribution in [0, 0.1) is 0 Å². The number of morpholine rings is 1. The first-order chi connectivity index (χ1) is 8.25. The second kappa shape index (κ2) is 5.65. The minimum atomic E-state index is 0.126. The molecule has 0 aliphatic carbocycles. The molecular formula is C10H14N4O2S. The van der Waals surface area contributed by atoms with Crippen molar-refractivity contribution in [1.82, 2.24) is 5.43 Å². The Kier molecular flexibility index (Phi) is 3.94. The summed E-state index contributed by atoms with van der Waals surface area (Å²) >= 11 is 4.62. The van der Waals surface area contributed by atoms with Gasteiger partial charge in [-0.15, -0.1) is 0 Å². The Hall–Kier alpha value is -1.60. The van der Waals surface area contributed by atoms with Gasteiger partial charge in [-0.3, -0.25) is 5.43 Å². The fraction of sp³-hybridized carbons (Fsp3) is 0.400. The molecule has 1 aliphatic rings. The molecule has 17 heavy (non-hydrogen) atoms. The van der Waals surface area contributed by atoms with E-state index in [-0.39, 0.29) is 5.11 Å². The SMILES string of the molecule is NC(=S)N/N=C\c1ccc(N2CCOCC2)o1. The summed E-state index contributed by atoms with van der Waals surface area (Å²) in [6, 6.07) is 3.75. The maximum absolute atomic E-state index is 5.60. The molecule has 0 bridgehead atoms. The normalized spacial score (nSPS) is 16.4. The molecule has 92 valence electrons. The molecule has 1 saturated heterocycles. The van der Waals surface area contributed by atoms with E-state index in [2.05, 4.69) is 27.6 Å². The number of hydrazone groups is 1. The van der Waals surface area contributed by atoms with Crippen LogP contribution in [0.2, 0.25) is 0 Å². The summed E-state index contributed by atoms with van der Waals surface area (Å²) in [5.74, 6) is 1.47. The standard InChI is InChI=1S/C10H14N4O2S/c11-10(17)13-12-7-8-1-2-9(16-8)14-3-5-15-6-4-14/h1-2,7H,3-6H2,(H3,11,13,17)/b12-7-. The van der Waals surface area contributed by atoms with E-state index in [1.54, 1.807) is 0 Å². The van der Waals surface area contributed by atoms with Gasteiger partial charge in [0.1, 0.15) is 5.76 Å². The summed E-state index contributed by atoms with van der Waals surface area (Å²) in [6.07, 6.45) is 1.53. The summed E-state index contributed by atoms with van der Waals surface area (Å²) in [6.45, 7) is 3.14. The first-order valence-electron chi connectivity index (χ1n) is 5.27. The lowest BCUT2D eigenvalue weighted by Crippen LogP contribution is -2.35. The van der Waals surface area contributed by atoms with Crippen LogP contribution in [-0.4, -0.2) is 37.6 Å². The topological polar surface area (TPSA) is 76.0 Å². The number of nitrogens with two attached hydrogens (primary N) is 1. The molecule has 0 amide bonds. The van der Waals surface area contributed by atoms with Crippen LogP contribution < -0.4 is 16.1 Å². The van der Waals surface area contributed by atoms with Gasteiger partial charge in [0.05, 0.1) is 19.4 Å². The van der Waals surface area contributed by atoms with Gasteiger partial charge in [-0.1, -0.05) is 0 Å². The number of nitrogens with zero attached hydrogens (tertiary/aromatic N) is 2. The van der Waals surface area contributed by atoms with Crippen LogP contribution >= 0.6 is 12.2 Å². The van der Waals surface area contributed by atoms with E-state index in [0.29, 0.717) is 5.76 Å². The van der Waals surface area contributed by atoms with Crippen molar-refractivity contribution < 1.29 is 9.15 Å². The molecule has 6 nitrogen and oxygen atoms in total. The summed E-state index contributed by atoms with van der Waals surface area (Å²) < 4.78 is 10.9. The first-order valence-corrected chi connectivity index (χ1v) is 5.67. The number of furan rings is 1. The fourth-order valence-electron chi connectivity index (χ4n) is 1.52. The van der Waals surface area contributed by atoms with E-state index in [0.717, 1.165) is 32.2 Å². The monoisotopic (exact) mass is 254 g/mol. The van der Waals surface area contributed by atoms with Crippen molar-refractivity contribution in [3.05, 3.63) is 17.9 Å². The highest BCUT2D eigenvalue weighted by Crippen LogP contribution is 2.18. The molecule has 1 fully saturated rings. The van der Waals surface area contributed by atoms with Crippen LogP contribution in [0.25, 0.3) is 0 Å². The molecule has 0 saturated carbocycles. The maximum atomic E-state index is 5.60. The highest BCUT2D eigenvalue weighted by atomic mass is 32.1. The van der Waals surface area contributed by atoms with Crippen LogP contribution in [0.15, 0.2) is 21.7 Å². The van der Waals surface area contributed by atoms with E-state index >= 15 is 0 Å². The van der Waals surface area contributed by atoms with Crippen molar-refractivity contribution in [1.29, 1.82) is 0 Å². The van der Waals surface area contributed by atoms with Crippen molar-refractivity contribution >= 4 is 29.4 Å². The fourth-order valence-corrected chi connectivity index (χ4v) is 1.58. The predicted octanol–water partition coefficient (Wildman–Crippen LogP) is 0.283. The Balaban J connectivity index is 1.95. The highest BCUT2D eigenvalue weighted by molar-refractivity contribution is 7.80. The third-order valence-corrected chi connectivity index (χ3v) is 2.39. The molecule has 2 heterocycles. The predicted molar refractivity (Wildman–Crippen MR) is 69.3 cm³/mol. The summed E-state index contributed by atoms with van der Waals surface area (Å²) in [4.78, 5) is 2.13. The highest BCUT2D eigenvalue weighted by Gasteiger charge is 2.13. The number of thiocarbonyl (C=S) groups is 1. The van der Waals surface area contributed by atoms with Crippen molar-refractivity contribution in [3.8, 4) is 0 Å². The molecule has 0 aromatic carbocycles. The minimum Gasteiger partial charge on any atom is -0.440 e. The van der Waals surface area contributed by atoms with Crippen molar-refractivity contribution in [3.63, 3.8) is 0 Å². The van der Waals surface area contributed by atoms with Gasteiger partial charge in [-0.25, -0.2) is 0 Å². The van der Waals surface area contributed by atoms with Crippen LogP contribution in [-0.2, 0) is 4.74 Å². The second-order valence-electron chi connectivity index (χ2n) is 3.51. The van der Waals surface area contributed by atoms with Crippen molar-refractivity contribution in [2.24, 2.45) is 10.8 Å². The zero-order valence-corrected chi connectivity index (χ0v) is 10.1. The number of anilines is 1. The molecular weight excluding hydrogens is 240 g/mol. The largest absolute Gasteiger partial charge is 0.440 e. The summed E-state index contributed by atoms with van der Waals surface area (Å²) in [5, 5.41) is 3.95. The molecule has 0 radical (unpaired) electrons. The van der Waals surface area contributed by atoms with Gasteiger partial charge in [0, 0.05) is 19.2 Å². The third kappa shape index (κ3) is 3.43. The van der Waals surface area contributed by atoms with Crippen molar-refractivity contribution in [2.75, 3.05) is 31.2 Å². The molecule has 7 heteroatoms. The van der Waals surface area contributed by atoms with Gasteiger partial charge in [0.15, 0.2) is 11.0 Å². The first kappa shape index (κ1) is 11.9. The van der Waals surface area contributed by atoms with E-state index < -0.39 is 0 Å². The lowest BCUT2D eigenvalue weighted by Gasteiger charge is -2.26. The van der Waals surface area contributed by atoms with Gasteiger partial charge in [-0.05, 0) is 18.3 Å². The quantitative estimate of drug-likeness (QED) is 0.458. The number of ether oxygens (including phenoxy) is 1. The Bertz CT molecular complexity index is 412. The van der Waals surface area contributed by atoms with E-state index in [4.69, 9.17) is 14.9 Å². The Morgan fingerprint density at radius 2 is 2.24 bits per heavy atom. The molecule has 1 aliphatic heterocycles. The molecule has 0 unspecified atom stereocenters. The summed E-state index contributed by atoms with van der Waals surface area (Å²) in [5.41, 5.74) is 7.70. The molecule has 0 atom stereocenters. The van der Waals surface area contributed by atoms with Gasteiger partial charge >= 0.3 is 0 Å². The van der Waals surface area contributed by atoms with Crippen LogP contribution in [0.4, 0.5) is 5.88 Å². The van der Waals surface area contributed by atoms with E-state index in [9.17, 15) is 0 Å². The maximum Gasteiger partial charge on any atom is 0.196 e. The second-order valence-corrected chi connectivity index (χ2v) is 3.95. The third-order valence-electron chi connectivity index (χ3n) is 2.30. The number of hydrogen-bond donors (Lipinski definition) is 2. The molecule has 0 spiro atoms. The number of hydrogen-bond acceptors (Lipinski definition) is 5. The van der Waals surface area contributed by atoms with Crippen LogP contribution in [0.5, 0.6) is 0 Å². The Morgan fingerprint density at radius 1 is 1.47 bits per heavy atom. The van der Waals surface area contributed by atoms with Gasteiger partial charge in [0.2, 0.25) is 0 Å². The van der Waals surface area contributed by atoms with Gasteiger partial charge < -0.3 is 19.8 Å². The van der Waals surface area contributed by atoms with Crippen LogP contribution in [0.3, 0.4) is 0 Å². The summed E-state index contributed by atoms with van der Waals surface area (Å²) in [7, 11) is 0. The van der Waals surface area contributed by atoms with E-state index in [1.807, 2.05) is 12.1 Å². The van der Waals surface area contributed by atoms with Gasteiger partial charge in [-0.2, -0.15) is 5.10 Å². The molecule has 3 N–H and O–H groups in total. The average Bonchev–Trinajstić information content (AvgIpc) is 2.78. The van der Waals surface area contributed by atoms with Crippen LogP contribution in [0.1, 0.15) is 5.76 Å². The Morgan fingerprint density at radius 3 is 2.94 bits per heavy atom. The zero-order chi connectivity index (χ0) is 12.1. The molecule has 2 rings (SSSR count). The number of rotatable bonds is 3. The lowest BCUT2D eigenvalue weighted by molar-refractivity contribution is 0.120. The smallest absolute Gasteiger partial charge is 0.196 e. The molecule has 1 aromatic heterocycles. The minimum absolute atomic E-state index is 0.126. The molecule has 1 aromatic rings.